The van der Waals surface area contributed by atoms with Gasteiger partial charge in [0.15, 0.2) is 15.1 Å². The Morgan fingerprint density at radius 1 is 1.35 bits per heavy atom. The van der Waals surface area contributed by atoms with Gasteiger partial charge in [0.25, 0.3) is 0 Å². The Morgan fingerprint density at radius 2 is 1.94 bits per heavy atom. The largest absolute Gasteiger partial charge is 0.468 e. The number of hydrogen-bond donors (Lipinski definition) is 0. The van der Waals surface area contributed by atoms with Crippen molar-refractivity contribution in [3.63, 3.8) is 0 Å². The maximum atomic E-state index is 13.3. The van der Waals surface area contributed by atoms with Gasteiger partial charge in [0.05, 0.1) is 7.11 Å². The monoisotopic (exact) mass is 264 g/mol. The number of benzene rings is 1. The molecule has 7 heteroatoms. The summed E-state index contributed by atoms with van der Waals surface area (Å²) in [5.74, 6) is -3.14. The van der Waals surface area contributed by atoms with Crippen LogP contribution >= 0.6 is 0 Å². The number of methoxy groups -OCH3 is 1. The second kappa shape index (κ2) is 4.79. The van der Waals surface area contributed by atoms with Gasteiger partial charge in [0.1, 0.15) is 16.5 Å². The van der Waals surface area contributed by atoms with Crippen LogP contribution in [0.15, 0.2) is 23.1 Å². The second-order valence-electron chi connectivity index (χ2n) is 3.29. The molecular weight excluding hydrogens is 254 g/mol. The Morgan fingerprint density at radius 3 is 2.41 bits per heavy atom. The molecule has 0 aliphatic heterocycles. The van der Waals surface area contributed by atoms with Crippen LogP contribution in [0.25, 0.3) is 0 Å². The van der Waals surface area contributed by atoms with E-state index in [1.165, 1.54) is 0 Å². The number of rotatable bonds is 3. The third-order valence-corrected chi connectivity index (χ3v) is 4.27. The van der Waals surface area contributed by atoms with Gasteiger partial charge in [-0.3, -0.25) is 4.79 Å². The number of ether oxygens (including phenoxy) is 1. The van der Waals surface area contributed by atoms with Crippen LogP contribution in [0.4, 0.5) is 8.78 Å². The Balaban J connectivity index is 3.27. The average molecular weight is 264 g/mol. The van der Waals surface area contributed by atoms with Gasteiger partial charge in [-0.15, -0.1) is 0 Å². The van der Waals surface area contributed by atoms with E-state index in [0.717, 1.165) is 26.2 Å². The van der Waals surface area contributed by atoms with Gasteiger partial charge in [0.2, 0.25) is 0 Å². The summed E-state index contributed by atoms with van der Waals surface area (Å²) in [5.41, 5.74) is 0. The van der Waals surface area contributed by atoms with Crippen LogP contribution in [0.1, 0.15) is 6.92 Å². The van der Waals surface area contributed by atoms with E-state index >= 15 is 0 Å². The van der Waals surface area contributed by atoms with E-state index in [1.54, 1.807) is 0 Å². The quantitative estimate of drug-likeness (QED) is 0.610. The zero-order valence-electron chi connectivity index (χ0n) is 9.11. The molecule has 1 aromatic rings. The van der Waals surface area contributed by atoms with Gasteiger partial charge < -0.3 is 4.74 Å². The molecule has 1 unspecified atom stereocenters. The van der Waals surface area contributed by atoms with Crippen LogP contribution in [-0.4, -0.2) is 26.7 Å². The number of hydrogen-bond acceptors (Lipinski definition) is 4. The molecule has 0 aliphatic rings. The SMILES string of the molecule is COC(=O)C(C)S(=O)(=O)c1ccc(F)cc1F. The molecule has 0 aliphatic carbocycles. The fourth-order valence-electron chi connectivity index (χ4n) is 1.19. The lowest BCUT2D eigenvalue weighted by Crippen LogP contribution is -2.29. The predicted molar refractivity (Wildman–Crippen MR) is 55.0 cm³/mol. The van der Waals surface area contributed by atoms with Crippen molar-refractivity contribution < 1.29 is 26.7 Å². The first-order valence-electron chi connectivity index (χ1n) is 4.57. The van der Waals surface area contributed by atoms with Gasteiger partial charge in [-0.05, 0) is 19.1 Å². The van der Waals surface area contributed by atoms with Crippen LogP contribution in [0.5, 0.6) is 0 Å². The molecule has 4 nitrogen and oxygen atoms in total. The van der Waals surface area contributed by atoms with Gasteiger partial charge in [-0.2, -0.15) is 0 Å². The van der Waals surface area contributed by atoms with Gasteiger partial charge in [-0.1, -0.05) is 0 Å². The summed E-state index contributed by atoms with van der Waals surface area (Å²) in [4.78, 5) is 10.4. The lowest BCUT2D eigenvalue weighted by molar-refractivity contribution is -0.139. The van der Waals surface area contributed by atoms with Crippen molar-refractivity contribution in [2.75, 3.05) is 7.11 Å². The number of carbonyl (C=O) groups excluding carboxylic acids is 1. The van der Waals surface area contributed by atoms with Crippen LogP contribution in [-0.2, 0) is 19.4 Å². The lowest BCUT2D eigenvalue weighted by Gasteiger charge is -2.11. The molecule has 0 radical (unpaired) electrons. The molecule has 0 saturated carbocycles. The smallest absolute Gasteiger partial charge is 0.324 e. The Labute approximate surface area is 97.1 Å². The molecule has 17 heavy (non-hydrogen) atoms. The highest BCUT2D eigenvalue weighted by atomic mass is 32.2. The van der Waals surface area contributed by atoms with Crippen molar-refractivity contribution in [3.05, 3.63) is 29.8 Å². The van der Waals surface area contributed by atoms with Crippen LogP contribution in [0.3, 0.4) is 0 Å². The molecule has 0 saturated heterocycles. The summed E-state index contributed by atoms with van der Waals surface area (Å²) in [5, 5.41) is -1.55. The van der Waals surface area contributed by atoms with E-state index in [9.17, 15) is 22.0 Å². The summed E-state index contributed by atoms with van der Waals surface area (Å²) in [6, 6.07) is 2.02. The minimum atomic E-state index is -4.21. The average Bonchev–Trinajstić information content (AvgIpc) is 2.26. The summed E-state index contributed by atoms with van der Waals surface area (Å²) < 4.78 is 53.8. The molecule has 94 valence electrons. The van der Waals surface area contributed by atoms with E-state index in [2.05, 4.69) is 4.74 Å². The van der Waals surface area contributed by atoms with Gasteiger partial charge >= 0.3 is 5.97 Å². The van der Waals surface area contributed by atoms with Gasteiger partial charge in [-0.25, -0.2) is 17.2 Å². The van der Waals surface area contributed by atoms with Crippen LogP contribution < -0.4 is 0 Å². The van der Waals surface area contributed by atoms with E-state index in [0.29, 0.717) is 6.07 Å². The molecule has 0 bridgehead atoms. The summed E-state index contributed by atoms with van der Waals surface area (Å²) >= 11 is 0. The van der Waals surface area contributed by atoms with Crippen molar-refractivity contribution in [3.8, 4) is 0 Å². The first kappa shape index (κ1) is 13.6. The van der Waals surface area contributed by atoms with E-state index in [1.807, 2.05) is 0 Å². The van der Waals surface area contributed by atoms with Crippen molar-refractivity contribution in [1.29, 1.82) is 0 Å². The topological polar surface area (TPSA) is 60.4 Å². The van der Waals surface area contributed by atoms with E-state index < -0.39 is 37.6 Å². The predicted octanol–water partition coefficient (Wildman–Crippen LogP) is 1.30. The zero-order chi connectivity index (χ0) is 13.2. The molecule has 0 spiro atoms. The zero-order valence-corrected chi connectivity index (χ0v) is 9.92. The number of sulfone groups is 1. The number of carbonyl (C=O) groups is 1. The van der Waals surface area contributed by atoms with Crippen molar-refractivity contribution in [2.45, 2.75) is 17.1 Å². The molecule has 1 rings (SSSR count). The van der Waals surface area contributed by atoms with E-state index in [-0.39, 0.29) is 0 Å². The molecular formula is C10H10F2O4S. The Hall–Kier alpha value is -1.50. The number of esters is 1. The number of halogens is 2. The first-order chi connectivity index (χ1) is 7.80. The molecule has 0 N–H and O–H groups in total. The minimum absolute atomic E-state index is 0.441. The standard InChI is InChI=1S/C10H10F2O4S/c1-6(10(13)16-2)17(14,15)9-4-3-7(11)5-8(9)12/h3-6H,1-2H3. The molecule has 0 aromatic heterocycles. The van der Waals surface area contributed by atoms with E-state index in [4.69, 9.17) is 0 Å². The summed E-state index contributed by atoms with van der Waals surface area (Å²) in [6.45, 7) is 1.07. The molecule has 0 amide bonds. The lowest BCUT2D eigenvalue weighted by atomic mass is 10.3. The van der Waals surface area contributed by atoms with Crippen LogP contribution in [0, 0.1) is 11.6 Å². The third kappa shape index (κ3) is 2.60. The maximum Gasteiger partial charge on any atom is 0.324 e. The molecule has 0 fully saturated rings. The van der Waals surface area contributed by atoms with Crippen molar-refractivity contribution in [2.24, 2.45) is 0 Å². The molecule has 1 aromatic carbocycles. The summed E-state index contributed by atoms with van der Waals surface area (Å²) in [7, 11) is -3.19. The van der Waals surface area contributed by atoms with Crippen molar-refractivity contribution >= 4 is 15.8 Å². The van der Waals surface area contributed by atoms with Crippen molar-refractivity contribution in [1.82, 2.24) is 0 Å². The maximum absolute atomic E-state index is 13.3. The Bertz CT molecular complexity index is 539. The highest BCUT2D eigenvalue weighted by molar-refractivity contribution is 7.92. The fraction of sp³-hybridized carbons (Fsp3) is 0.300. The fourth-order valence-corrected chi connectivity index (χ4v) is 2.51. The second-order valence-corrected chi connectivity index (χ2v) is 5.52. The normalized spacial score (nSPS) is 13.2. The summed E-state index contributed by atoms with van der Waals surface area (Å²) in [6.07, 6.45) is 0. The highest BCUT2D eigenvalue weighted by Gasteiger charge is 2.32. The molecule has 0 heterocycles. The molecule has 1 atom stereocenters. The highest BCUT2D eigenvalue weighted by Crippen LogP contribution is 2.21. The van der Waals surface area contributed by atoms with Crippen LogP contribution in [0.2, 0.25) is 0 Å². The third-order valence-electron chi connectivity index (χ3n) is 2.20. The minimum Gasteiger partial charge on any atom is -0.468 e. The first-order valence-corrected chi connectivity index (χ1v) is 6.12. The van der Waals surface area contributed by atoms with Gasteiger partial charge in [0, 0.05) is 6.07 Å². The Kier molecular flexibility index (Phi) is 3.82.